The van der Waals surface area contributed by atoms with Crippen molar-refractivity contribution in [2.24, 2.45) is 0 Å². The smallest absolute Gasteiger partial charge is 0.270 e. The summed E-state index contributed by atoms with van der Waals surface area (Å²) in [4.78, 5) is 25.1. The van der Waals surface area contributed by atoms with E-state index in [1.165, 1.54) is 11.3 Å². The van der Waals surface area contributed by atoms with E-state index in [0.29, 0.717) is 4.88 Å². The number of carbonyl (C=O) groups is 2. The van der Waals surface area contributed by atoms with Crippen LogP contribution < -0.4 is 10.9 Å². The lowest BCUT2D eigenvalue weighted by Gasteiger charge is -2.18. The number of aromatic nitrogens is 2. The largest absolute Gasteiger partial charge is 0.279 e. The van der Waals surface area contributed by atoms with Gasteiger partial charge in [-0.25, -0.2) is 0 Å². The summed E-state index contributed by atoms with van der Waals surface area (Å²) in [5.41, 5.74) is 5.67. The standard InChI is InChI=1S/C16H13BrN4O2S/c17-13-8-7-12(24-13)15(22)19-20-16(23)14(21-10-4-9-18-21)11-5-2-1-3-6-11/h1-10,14H,(H,19,22)(H,20,23). The Labute approximate surface area is 150 Å². The summed E-state index contributed by atoms with van der Waals surface area (Å²) < 4.78 is 2.39. The van der Waals surface area contributed by atoms with Crippen molar-refractivity contribution < 1.29 is 9.59 Å². The van der Waals surface area contributed by atoms with Crippen LogP contribution in [0.1, 0.15) is 21.3 Å². The number of benzene rings is 1. The van der Waals surface area contributed by atoms with Gasteiger partial charge in [-0.3, -0.25) is 25.1 Å². The van der Waals surface area contributed by atoms with Crippen LogP contribution in [-0.2, 0) is 4.79 Å². The highest BCUT2D eigenvalue weighted by Crippen LogP contribution is 2.22. The second-order valence-corrected chi connectivity index (χ2v) is 7.31. The van der Waals surface area contributed by atoms with Gasteiger partial charge in [0.2, 0.25) is 0 Å². The molecule has 0 aliphatic carbocycles. The van der Waals surface area contributed by atoms with E-state index >= 15 is 0 Å². The number of amides is 2. The fourth-order valence-corrected chi connectivity index (χ4v) is 3.46. The van der Waals surface area contributed by atoms with E-state index < -0.39 is 6.04 Å². The summed E-state index contributed by atoms with van der Waals surface area (Å²) in [5, 5.41) is 4.14. The number of carbonyl (C=O) groups excluding carboxylic acids is 2. The third kappa shape index (κ3) is 3.72. The molecule has 0 aliphatic heterocycles. The van der Waals surface area contributed by atoms with Crippen LogP contribution in [0.25, 0.3) is 0 Å². The third-order valence-corrected chi connectivity index (χ3v) is 4.87. The molecule has 1 atom stereocenters. The Morgan fingerprint density at radius 3 is 2.50 bits per heavy atom. The number of rotatable bonds is 4. The van der Waals surface area contributed by atoms with Crippen molar-refractivity contribution in [3.05, 3.63) is 75.2 Å². The van der Waals surface area contributed by atoms with Crippen LogP contribution in [0.4, 0.5) is 0 Å². The number of halogens is 1. The first-order chi connectivity index (χ1) is 11.6. The molecule has 0 fully saturated rings. The zero-order valence-electron chi connectivity index (χ0n) is 12.3. The fraction of sp³-hybridized carbons (Fsp3) is 0.0625. The topological polar surface area (TPSA) is 76.0 Å². The molecule has 0 saturated heterocycles. The predicted molar refractivity (Wildman–Crippen MR) is 94.4 cm³/mol. The molecule has 3 aromatic rings. The normalized spacial score (nSPS) is 11.7. The molecule has 8 heteroatoms. The number of hydrogen-bond donors (Lipinski definition) is 2. The summed E-state index contributed by atoms with van der Waals surface area (Å²) in [6.45, 7) is 0. The van der Waals surface area contributed by atoms with Gasteiger partial charge in [0.1, 0.15) is 0 Å². The first kappa shape index (κ1) is 16.4. The molecule has 2 N–H and O–H groups in total. The Bertz CT molecular complexity index is 833. The van der Waals surface area contributed by atoms with Crippen molar-refractivity contribution in [3.8, 4) is 0 Å². The van der Waals surface area contributed by atoms with Crippen molar-refractivity contribution in [3.63, 3.8) is 0 Å². The molecule has 2 amide bonds. The van der Waals surface area contributed by atoms with Crippen LogP contribution in [0.2, 0.25) is 0 Å². The molecule has 0 aliphatic rings. The van der Waals surface area contributed by atoms with E-state index in [1.54, 1.807) is 35.3 Å². The first-order valence-electron chi connectivity index (χ1n) is 7.05. The molecule has 2 heterocycles. The van der Waals surface area contributed by atoms with Gasteiger partial charge in [-0.2, -0.15) is 5.10 Å². The van der Waals surface area contributed by atoms with Gasteiger partial charge in [-0.1, -0.05) is 30.3 Å². The van der Waals surface area contributed by atoms with Crippen LogP contribution in [0, 0.1) is 0 Å². The fourth-order valence-electron chi connectivity index (χ4n) is 2.18. The van der Waals surface area contributed by atoms with E-state index in [1.807, 2.05) is 30.3 Å². The number of hydrogen-bond acceptors (Lipinski definition) is 4. The molecule has 1 aromatic carbocycles. The molecule has 122 valence electrons. The predicted octanol–water partition coefficient (Wildman–Crippen LogP) is 2.76. The molecule has 0 saturated carbocycles. The Kier molecular flexibility index (Phi) is 5.07. The quantitative estimate of drug-likeness (QED) is 0.656. The van der Waals surface area contributed by atoms with Crippen molar-refractivity contribution in [2.45, 2.75) is 6.04 Å². The minimum absolute atomic E-state index is 0.369. The lowest BCUT2D eigenvalue weighted by atomic mass is 10.1. The molecule has 3 rings (SSSR count). The first-order valence-corrected chi connectivity index (χ1v) is 8.65. The van der Waals surface area contributed by atoms with Gasteiger partial charge in [0, 0.05) is 12.4 Å². The van der Waals surface area contributed by atoms with E-state index in [2.05, 4.69) is 31.9 Å². The molecule has 0 radical (unpaired) electrons. The van der Waals surface area contributed by atoms with Gasteiger partial charge < -0.3 is 0 Å². The average molecular weight is 405 g/mol. The highest BCUT2D eigenvalue weighted by Gasteiger charge is 2.23. The summed E-state index contributed by atoms with van der Waals surface area (Å²) in [6, 6.07) is 13.8. The van der Waals surface area contributed by atoms with Crippen LogP contribution in [0.15, 0.2) is 64.7 Å². The maximum absolute atomic E-state index is 12.6. The minimum atomic E-state index is -0.670. The van der Waals surface area contributed by atoms with Gasteiger partial charge >= 0.3 is 0 Å². The van der Waals surface area contributed by atoms with Crippen LogP contribution in [-0.4, -0.2) is 21.6 Å². The third-order valence-electron chi connectivity index (χ3n) is 3.25. The van der Waals surface area contributed by atoms with Gasteiger partial charge in [-0.05, 0) is 39.7 Å². The molecule has 1 unspecified atom stereocenters. The Balaban J connectivity index is 1.74. The Hall–Kier alpha value is -2.45. The lowest BCUT2D eigenvalue weighted by molar-refractivity contribution is -0.124. The van der Waals surface area contributed by atoms with Crippen molar-refractivity contribution in [2.75, 3.05) is 0 Å². The molecule has 6 nitrogen and oxygen atoms in total. The molecular formula is C16H13BrN4O2S. The molecule has 24 heavy (non-hydrogen) atoms. The summed E-state index contributed by atoms with van der Waals surface area (Å²) in [7, 11) is 0. The van der Waals surface area contributed by atoms with Crippen LogP contribution >= 0.6 is 27.3 Å². The average Bonchev–Trinajstić information content (AvgIpc) is 3.26. The highest BCUT2D eigenvalue weighted by atomic mass is 79.9. The Morgan fingerprint density at radius 2 is 1.88 bits per heavy atom. The monoisotopic (exact) mass is 404 g/mol. The van der Waals surface area contributed by atoms with Gasteiger partial charge in [-0.15, -0.1) is 11.3 Å². The SMILES string of the molecule is O=C(NNC(=O)C(c1ccccc1)n1cccn1)c1ccc(Br)s1. The van der Waals surface area contributed by atoms with E-state index in [-0.39, 0.29) is 11.8 Å². The number of thiophene rings is 1. The van der Waals surface area contributed by atoms with E-state index in [0.717, 1.165) is 9.35 Å². The highest BCUT2D eigenvalue weighted by molar-refractivity contribution is 9.11. The number of nitrogens with zero attached hydrogens (tertiary/aromatic N) is 2. The van der Waals surface area contributed by atoms with Crippen molar-refractivity contribution >= 4 is 39.1 Å². The zero-order chi connectivity index (χ0) is 16.9. The number of hydrazine groups is 1. The summed E-state index contributed by atoms with van der Waals surface area (Å²) >= 11 is 4.59. The van der Waals surface area contributed by atoms with Crippen LogP contribution in [0.5, 0.6) is 0 Å². The summed E-state index contributed by atoms with van der Waals surface area (Å²) in [6.07, 6.45) is 3.31. The second-order valence-electron chi connectivity index (χ2n) is 4.85. The molecule has 0 spiro atoms. The van der Waals surface area contributed by atoms with Crippen molar-refractivity contribution in [1.82, 2.24) is 20.6 Å². The molecule has 2 aromatic heterocycles. The van der Waals surface area contributed by atoms with E-state index in [4.69, 9.17) is 0 Å². The van der Waals surface area contributed by atoms with Gasteiger partial charge in [0.05, 0.1) is 8.66 Å². The van der Waals surface area contributed by atoms with Gasteiger partial charge in [0.15, 0.2) is 6.04 Å². The van der Waals surface area contributed by atoms with Crippen molar-refractivity contribution in [1.29, 1.82) is 0 Å². The second kappa shape index (κ2) is 7.41. The molecular weight excluding hydrogens is 392 g/mol. The Morgan fingerprint density at radius 1 is 1.08 bits per heavy atom. The van der Waals surface area contributed by atoms with Gasteiger partial charge in [0.25, 0.3) is 11.8 Å². The number of nitrogens with one attached hydrogen (secondary N) is 2. The lowest BCUT2D eigenvalue weighted by Crippen LogP contribution is -2.45. The van der Waals surface area contributed by atoms with E-state index in [9.17, 15) is 9.59 Å². The minimum Gasteiger partial charge on any atom is -0.270 e. The molecule has 0 bridgehead atoms. The maximum atomic E-state index is 12.6. The summed E-state index contributed by atoms with van der Waals surface area (Å²) in [5.74, 6) is -0.750. The van der Waals surface area contributed by atoms with Crippen LogP contribution in [0.3, 0.4) is 0 Å². The zero-order valence-corrected chi connectivity index (χ0v) is 14.8. The maximum Gasteiger partial charge on any atom is 0.279 e.